The molecule has 2 rings (SSSR count). The Hall–Kier alpha value is -1.13. The number of rotatable bonds is 3. The molecule has 0 aliphatic carbocycles. The SMILES string of the molecule is CC(=O)c1ccc(Sc2ccc(F)cc2Br)cc1. The molecule has 0 radical (unpaired) electrons. The number of carbonyl (C=O) groups is 1. The van der Waals surface area contributed by atoms with Crippen LogP contribution in [0.4, 0.5) is 4.39 Å². The Bertz CT molecular complexity index is 581. The minimum atomic E-state index is -0.266. The molecule has 0 saturated carbocycles. The van der Waals surface area contributed by atoms with Crippen molar-refractivity contribution in [2.45, 2.75) is 16.7 Å². The average molecular weight is 325 g/mol. The van der Waals surface area contributed by atoms with Crippen molar-refractivity contribution < 1.29 is 9.18 Å². The highest BCUT2D eigenvalue weighted by Crippen LogP contribution is 2.33. The van der Waals surface area contributed by atoms with Gasteiger partial charge in [-0.05, 0) is 53.2 Å². The fraction of sp³-hybridized carbons (Fsp3) is 0.0714. The minimum Gasteiger partial charge on any atom is -0.295 e. The number of carbonyl (C=O) groups excluding carboxylic acids is 1. The third-order valence-electron chi connectivity index (χ3n) is 2.38. The fourth-order valence-electron chi connectivity index (χ4n) is 1.44. The maximum Gasteiger partial charge on any atom is 0.159 e. The minimum absolute atomic E-state index is 0.0505. The third kappa shape index (κ3) is 3.21. The van der Waals surface area contributed by atoms with Gasteiger partial charge in [0.1, 0.15) is 5.82 Å². The van der Waals surface area contributed by atoms with Crippen LogP contribution in [0.2, 0.25) is 0 Å². The average Bonchev–Trinajstić information content (AvgIpc) is 2.33. The third-order valence-corrected chi connectivity index (χ3v) is 4.38. The summed E-state index contributed by atoms with van der Waals surface area (Å²) in [5, 5.41) is 0. The van der Waals surface area contributed by atoms with E-state index in [1.807, 2.05) is 12.1 Å². The van der Waals surface area contributed by atoms with Crippen molar-refractivity contribution in [3.63, 3.8) is 0 Å². The lowest BCUT2D eigenvalue weighted by Crippen LogP contribution is -1.90. The van der Waals surface area contributed by atoms with Crippen LogP contribution in [0.5, 0.6) is 0 Å². The number of Topliss-reactive ketones (excluding diaryl/α,β-unsaturated/α-hetero) is 1. The maximum absolute atomic E-state index is 13.0. The Morgan fingerprint density at radius 1 is 1.17 bits per heavy atom. The molecular weight excluding hydrogens is 315 g/mol. The highest BCUT2D eigenvalue weighted by atomic mass is 79.9. The van der Waals surface area contributed by atoms with Gasteiger partial charge < -0.3 is 0 Å². The van der Waals surface area contributed by atoms with Crippen molar-refractivity contribution in [3.05, 3.63) is 58.3 Å². The second kappa shape index (κ2) is 5.67. The van der Waals surface area contributed by atoms with Crippen molar-refractivity contribution in [3.8, 4) is 0 Å². The summed E-state index contributed by atoms with van der Waals surface area (Å²) in [4.78, 5) is 13.1. The summed E-state index contributed by atoms with van der Waals surface area (Å²) in [6.07, 6.45) is 0. The molecule has 0 aliphatic rings. The Labute approximate surface area is 118 Å². The van der Waals surface area contributed by atoms with Crippen molar-refractivity contribution in [2.24, 2.45) is 0 Å². The largest absolute Gasteiger partial charge is 0.295 e. The predicted molar refractivity (Wildman–Crippen MR) is 74.7 cm³/mol. The van der Waals surface area contributed by atoms with Gasteiger partial charge >= 0.3 is 0 Å². The van der Waals surface area contributed by atoms with Gasteiger partial charge in [-0.1, -0.05) is 23.9 Å². The molecule has 0 spiro atoms. The molecule has 0 saturated heterocycles. The van der Waals surface area contributed by atoms with Crippen LogP contribution in [0.1, 0.15) is 17.3 Å². The van der Waals surface area contributed by atoms with Gasteiger partial charge in [-0.2, -0.15) is 0 Å². The van der Waals surface area contributed by atoms with E-state index in [9.17, 15) is 9.18 Å². The van der Waals surface area contributed by atoms with E-state index in [4.69, 9.17) is 0 Å². The van der Waals surface area contributed by atoms with E-state index in [-0.39, 0.29) is 11.6 Å². The highest BCUT2D eigenvalue weighted by molar-refractivity contribution is 9.10. The van der Waals surface area contributed by atoms with Crippen LogP contribution in [0.25, 0.3) is 0 Å². The second-order valence-corrected chi connectivity index (χ2v) is 5.73. The van der Waals surface area contributed by atoms with Gasteiger partial charge in [-0.25, -0.2) is 4.39 Å². The fourth-order valence-corrected chi connectivity index (χ4v) is 2.85. The van der Waals surface area contributed by atoms with Crippen molar-refractivity contribution in [1.82, 2.24) is 0 Å². The lowest BCUT2D eigenvalue weighted by Gasteiger charge is -2.05. The van der Waals surface area contributed by atoms with E-state index in [2.05, 4.69) is 15.9 Å². The molecule has 0 unspecified atom stereocenters. The molecule has 0 N–H and O–H groups in total. The van der Waals surface area contributed by atoms with Gasteiger partial charge in [-0.3, -0.25) is 4.79 Å². The molecular formula is C14H10BrFOS. The molecule has 18 heavy (non-hydrogen) atoms. The first-order chi connectivity index (χ1) is 8.56. The molecule has 1 nitrogen and oxygen atoms in total. The molecule has 0 fully saturated rings. The Morgan fingerprint density at radius 2 is 1.83 bits per heavy atom. The molecule has 0 aliphatic heterocycles. The molecule has 0 amide bonds. The van der Waals surface area contributed by atoms with E-state index in [0.717, 1.165) is 14.3 Å². The molecule has 92 valence electrons. The Morgan fingerprint density at radius 3 is 2.39 bits per heavy atom. The first-order valence-electron chi connectivity index (χ1n) is 5.30. The van der Waals surface area contributed by atoms with E-state index in [1.54, 1.807) is 25.1 Å². The van der Waals surface area contributed by atoms with Crippen LogP contribution in [0, 0.1) is 5.82 Å². The monoisotopic (exact) mass is 324 g/mol. The quantitative estimate of drug-likeness (QED) is 0.744. The number of hydrogen-bond donors (Lipinski definition) is 0. The summed E-state index contributed by atoms with van der Waals surface area (Å²) in [7, 11) is 0. The van der Waals surface area contributed by atoms with Gasteiger partial charge in [0, 0.05) is 19.8 Å². The van der Waals surface area contributed by atoms with Gasteiger partial charge in [0.15, 0.2) is 5.78 Å². The summed E-state index contributed by atoms with van der Waals surface area (Å²) >= 11 is 4.85. The number of hydrogen-bond acceptors (Lipinski definition) is 2. The van der Waals surface area contributed by atoms with Gasteiger partial charge in [0.05, 0.1) is 0 Å². The lowest BCUT2D eigenvalue weighted by molar-refractivity contribution is 0.101. The van der Waals surface area contributed by atoms with E-state index >= 15 is 0 Å². The van der Waals surface area contributed by atoms with E-state index in [1.165, 1.54) is 23.9 Å². The van der Waals surface area contributed by atoms with Crippen LogP contribution >= 0.6 is 27.7 Å². The molecule has 0 atom stereocenters. The van der Waals surface area contributed by atoms with Crippen LogP contribution in [-0.2, 0) is 0 Å². The van der Waals surface area contributed by atoms with Crippen molar-refractivity contribution >= 4 is 33.5 Å². The first-order valence-corrected chi connectivity index (χ1v) is 6.91. The van der Waals surface area contributed by atoms with Crippen molar-refractivity contribution in [2.75, 3.05) is 0 Å². The van der Waals surface area contributed by atoms with Gasteiger partial charge in [0.2, 0.25) is 0 Å². The molecule has 0 bridgehead atoms. The van der Waals surface area contributed by atoms with Crippen LogP contribution in [0.15, 0.2) is 56.7 Å². The Kier molecular flexibility index (Phi) is 4.19. The molecule has 4 heteroatoms. The first kappa shape index (κ1) is 13.3. The summed E-state index contributed by atoms with van der Waals surface area (Å²) < 4.78 is 13.7. The summed E-state index contributed by atoms with van der Waals surface area (Å²) in [5.41, 5.74) is 0.692. The topological polar surface area (TPSA) is 17.1 Å². The van der Waals surface area contributed by atoms with Gasteiger partial charge in [0.25, 0.3) is 0 Å². The molecule has 0 aromatic heterocycles. The standard InChI is InChI=1S/C14H10BrFOS/c1-9(17)10-2-5-12(6-3-10)18-14-7-4-11(16)8-13(14)15/h2-8H,1H3. The highest BCUT2D eigenvalue weighted by Gasteiger charge is 2.05. The van der Waals surface area contributed by atoms with Crippen LogP contribution < -0.4 is 0 Å². The van der Waals surface area contributed by atoms with E-state index < -0.39 is 0 Å². The molecule has 2 aromatic carbocycles. The molecule has 0 heterocycles. The normalized spacial score (nSPS) is 10.4. The number of halogens is 2. The zero-order chi connectivity index (χ0) is 13.1. The number of ketones is 1. The zero-order valence-corrected chi connectivity index (χ0v) is 12.0. The van der Waals surface area contributed by atoms with Crippen molar-refractivity contribution in [1.29, 1.82) is 0 Å². The van der Waals surface area contributed by atoms with E-state index in [0.29, 0.717) is 5.56 Å². The second-order valence-electron chi connectivity index (χ2n) is 3.76. The van der Waals surface area contributed by atoms with Gasteiger partial charge in [-0.15, -0.1) is 0 Å². The summed E-state index contributed by atoms with van der Waals surface area (Å²) in [5.74, 6) is -0.215. The van der Waals surface area contributed by atoms with Crippen LogP contribution in [-0.4, -0.2) is 5.78 Å². The Balaban J connectivity index is 2.21. The maximum atomic E-state index is 13.0. The summed E-state index contributed by atoms with van der Waals surface area (Å²) in [6.45, 7) is 1.54. The predicted octanol–water partition coefficient (Wildman–Crippen LogP) is 4.94. The summed E-state index contributed by atoms with van der Waals surface area (Å²) in [6, 6.07) is 11.9. The zero-order valence-electron chi connectivity index (χ0n) is 9.61. The lowest BCUT2D eigenvalue weighted by atomic mass is 10.2. The smallest absolute Gasteiger partial charge is 0.159 e. The number of benzene rings is 2. The van der Waals surface area contributed by atoms with Crippen LogP contribution in [0.3, 0.4) is 0 Å². The molecule has 2 aromatic rings.